The molecule has 1 fully saturated rings. The second-order valence-electron chi connectivity index (χ2n) is 6.46. The fourth-order valence-electron chi connectivity index (χ4n) is 3.65. The van der Waals surface area contributed by atoms with Gasteiger partial charge in [-0.25, -0.2) is 0 Å². The van der Waals surface area contributed by atoms with Crippen LogP contribution >= 0.6 is 11.6 Å². The maximum atomic E-state index is 11.1. The first-order chi connectivity index (χ1) is 11.3. The first-order valence-corrected chi connectivity index (χ1v) is 8.96. The summed E-state index contributed by atoms with van der Waals surface area (Å²) < 4.78 is 0. The normalized spacial score (nSPS) is 19.0. The van der Waals surface area contributed by atoms with Gasteiger partial charge in [0.2, 0.25) is 0 Å². The van der Waals surface area contributed by atoms with Crippen LogP contribution in [-0.2, 0) is 0 Å². The van der Waals surface area contributed by atoms with Crippen LogP contribution in [-0.4, -0.2) is 18.2 Å². The first kappa shape index (κ1) is 16.5. The topological polar surface area (TPSA) is 24.7 Å². The molecule has 2 aromatic rings. The molecule has 2 atom stereocenters. The Kier molecular flexibility index (Phi) is 5.71. The van der Waals surface area contributed by atoms with Gasteiger partial charge in [0, 0.05) is 10.6 Å². The second-order valence-corrected chi connectivity index (χ2v) is 6.89. The predicted molar refractivity (Wildman–Crippen MR) is 94.8 cm³/mol. The number of nitrogens with one attached hydrogen (secondary N) is 1. The van der Waals surface area contributed by atoms with E-state index in [4.69, 9.17) is 11.6 Å². The maximum absolute atomic E-state index is 11.1. The third kappa shape index (κ3) is 4.14. The molecule has 1 aliphatic rings. The lowest BCUT2D eigenvalue weighted by atomic mass is 9.94. The van der Waals surface area contributed by atoms with Crippen LogP contribution in [0, 0.1) is 0 Å². The van der Waals surface area contributed by atoms with E-state index >= 15 is 0 Å². The quantitative estimate of drug-likeness (QED) is 0.880. The molecule has 0 radical (unpaired) electrons. The molecule has 2 nitrogen and oxygen atoms in total. The van der Waals surface area contributed by atoms with Gasteiger partial charge in [-0.1, -0.05) is 54.1 Å². The van der Waals surface area contributed by atoms with Crippen LogP contribution in [0.5, 0.6) is 0 Å². The van der Waals surface area contributed by atoms with Crippen molar-refractivity contribution in [2.24, 2.45) is 0 Å². The molecule has 1 saturated heterocycles. The van der Waals surface area contributed by atoms with Crippen molar-refractivity contribution in [1.29, 1.82) is 0 Å². The van der Waals surface area contributed by atoms with Gasteiger partial charge in [0.15, 0.2) is 0 Å². The van der Waals surface area contributed by atoms with Crippen LogP contribution in [0.3, 0.4) is 0 Å². The largest absolute Gasteiger partial charge is 0.382 e. The lowest BCUT2D eigenvalue weighted by Crippen LogP contribution is -3.12. The van der Waals surface area contributed by atoms with E-state index in [2.05, 4.69) is 24.3 Å². The number of quaternary nitrogens is 1. The molecule has 0 saturated carbocycles. The van der Waals surface area contributed by atoms with Crippen molar-refractivity contribution in [3.63, 3.8) is 0 Å². The van der Waals surface area contributed by atoms with E-state index in [1.165, 1.54) is 36.1 Å². The minimum absolute atomic E-state index is 0.0791. The van der Waals surface area contributed by atoms with Gasteiger partial charge < -0.3 is 10.0 Å². The van der Waals surface area contributed by atoms with Gasteiger partial charge in [0.1, 0.15) is 12.1 Å². The predicted octanol–water partition coefficient (Wildman–Crippen LogP) is 3.57. The summed E-state index contributed by atoms with van der Waals surface area (Å²) in [6.45, 7) is 2.26. The number of benzene rings is 2. The Balaban J connectivity index is 1.92. The monoisotopic (exact) mass is 330 g/mol. The Labute approximate surface area is 143 Å². The molecule has 0 amide bonds. The molecular formula is C20H25ClNO+. The Morgan fingerprint density at radius 2 is 1.39 bits per heavy atom. The van der Waals surface area contributed by atoms with Crippen molar-refractivity contribution in [1.82, 2.24) is 0 Å². The van der Waals surface area contributed by atoms with Gasteiger partial charge in [-0.3, -0.25) is 0 Å². The summed E-state index contributed by atoms with van der Waals surface area (Å²) in [6, 6.07) is 18.1. The minimum Gasteiger partial charge on any atom is -0.382 e. The zero-order valence-electron chi connectivity index (χ0n) is 13.4. The van der Waals surface area contributed by atoms with E-state index in [1.807, 2.05) is 30.3 Å². The van der Waals surface area contributed by atoms with Crippen molar-refractivity contribution >= 4 is 11.6 Å². The Morgan fingerprint density at radius 1 is 0.783 bits per heavy atom. The third-order valence-corrected chi connectivity index (χ3v) is 5.12. The van der Waals surface area contributed by atoms with Crippen molar-refractivity contribution < 1.29 is 10.0 Å². The van der Waals surface area contributed by atoms with Crippen LogP contribution < -0.4 is 4.90 Å². The lowest BCUT2D eigenvalue weighted by Gasteiger charge is -2.31. The molecule has 3 rings (SSSR count). The number of halogens is 1. The number of likely N-dealkylation sites (tertiary alicyclic amines) is 1. The molecule has 2 N–H and O–H groups in total. The molecule has 0 aliphatic carbocycles. The summed E-state index contributed by atoms with van der Waals surface area (Å²) >= 11 is 6.00. The minimum atomic E-state index is -0.511. The molecular weight excluding hydrogens is 306 g/mol. The SMILES string of the molecule is O[C@@H](c1ccc(Cl)cc1)[C@@H](c1ccccc1)[NH+]1CCCCCC1. The van der Waals surface area contributed by atoms with Crippen LogP contribution in [0.4, 0.5) is 0 Å². The zero-order chi connectivity index (χ0) is 16.1. The molecule has 0 aromatic heterocycles. The highest BCUT2D eigenvalue weighted by Crippen LogP contribution is 2.28. The van der Waals surface area contributed by atoms with E-state index in [-0.39, 0.29) is 6.04 Å². The van der Waals surface area contributed by atoms with Gasteiger partial charge in [0.05, 0.1) is 13.1 Å². The Morgan fingerprint density at radius 3 is 2.00 bits per heavy atom. The molecule has 23 heavy (non-hydrogen) atoms. The number of rotatable bonds is 4. The average molecular weight is 331 g/mol. The maximum Gasteiger partial charge on any atom is 0.144 e. The van der Waals surface area contributed by atoms with Crippen LogP contribution in [0.25, 0.3) is 0 Å². The zero-order valence-corrected chi connectivity index (χ0v) is 14.2. The highest BCUT2D eigenvalue weighted by molar-refractivity contribution is 6.30. The number of aliphatic hydroxyl groups is 1. The van der Waals surface area contributed by atoms with E-state index in [0.29, 0.717) is 5.02 Å². The second kappa shape index (κ2) is 7.96. The van der Waals surface area contributed by atoms with Crippen LogP contribution in [0.1, 0.15) is 49.0 Å². The Bertz CT molecular complexity index is 591. The van der Waals surface area contributed by atoms with Crippen LogP contribution in [0.15, 0.2) is 54.6 Å². The van der Waals surface area contributed by atoms with Gasteiger partial charge in [-0.2, -0.15) is 0 Å². The van der Waals surface area contributed by atoms with Crippen molar-refractivity contribution in [2.75, 3.05) is 13.1 Å². The lowest BCUT2D eigenvalue weighted by molar-refractivity contribution is -0.935. The molecule has 0 bridgehead atoms. The summed E-state index contributed by atoms with van der Waals surface area (Å²) in [6.07, 6.45) is 4.59. The fraction of sp³-hybridized carbons (Fsp3) is 0.400. The summed E-state index contributed by atoms with van der Waals surface area (Å²) in [5.74, 6) is 0. The molecule has 1 aliphatic heterocycles. The summed E-state index contributed by atoms with van der Waals surface area (Å²) in [5.41, 5.74) is 2.16. The molecule has 122 valence electrons. The van der Waals surface area contributed by atoms with Gasteiger partial charge >= 0.3 is 0 Å². The van der Waals surface area contributed by atoms with Crippen LogP contribution in [0.2, 0.25) is 5.02 Å². The number of aliphatic hydroxyl groups excluding tert-OH is 1. The number of hydrogen-bond acceptors (Lipinski definition) is 1. The average Bonchev–Trinajstić information content (AvgIpc) is 2.86. The fourth-order valence-corrected chi connectivity index (χ4v) is 3.77. The standard InChI is InChI=1S/C20H24ClNO/c21-18-12-10-17(11-13-18)20(23)19(16-8-4-3-5-9-16)22-14-6-1-2-7-15-22/h3-5,8-13,19-20,23H,1-2,6-7,14-15H2/p+1/t19-,20+/m1/s1. The van der Waals surface area contributed by atoms with Gasteiger partial charge in [-0.05, 0) is 43.4 Å². The van der Waals surface area contributed by atoms with Crippen molar-refractivity contribution in [2.45, 2.75) is 37.8 Å². The van der Waals surface area contributed by atoms with E-state index in [0.717, 1.165) is 18.7 Å². The van der Waals surface area contributed by atoms with Crippen molar-refractivity contribution in [3.8, 4) is 0 Å². The smallest absolute Gasteiger partial charge is 0.144 e. The van der Waals surface area contributed by atoms with Gasteiger partial charge in [-0.15, -0.1) is 0 Å². The van der Waals surface area contributed by atoms with E-state index in [1.54, 1.807) is 0 Å². The molecule has 3 heteroatoms. The summed E-state index contributed by atoms with van der Waals surface area (Å²) in [7, 11) is 0. The molecule has 1 heterocycles. The highest BCUT2D eigenvalue weighted by Gasteiger charge is 2.32. The first-order valence-electron chi connectivity index (χ1n) is 8.59. The highest BCUT2D eigenvalue weighted by atomic mass is 35.5. The summed E-state index contributed by atoms with van der Waals surface area (Å²) in [5, 5.41) is 11.8. The third-order valence-electron chi connectivity index (χ3n) is 4.87. The summed E-state index contributed by atoms with van der Waals surface area (Å²) in [4.78, 5) is 1.50. The molecule has 0 unspecified atom stereocenters. The Hall–Kier alpha value is -1.35. The van der Waals surface area contributed by atoms with Gasteiger partial charge in [0.25, 0.3) is 0 Å². The number of hydrogen-bond donors (Lipinski definition) is 2. The van der Waals surface area contributed by atoms with E-state index in [9.17, 15) is 5.11 Å². The molecule has 0 spiro atoms. The van der Waals surface area contributed by atoms with E-state index < -0.39 is 6.10 Å². The molecule has 2 aromatic carbocycles. The van der Waals surface area contributed by atoms with Crippen molar-refractivity contribution in [3.05, 3.63) is 70.7 Å².